The largest absolute Gasteiger partial charge is 0.324 e. The third kappa shape index (κ3) is 4.95. The summed E-state index contributed by atoms with van der Waals surface area (Å²) in [6.45, 7) is 2.83. The second-order valence-corrected chi connectivity index (χ2v) is 9.18. The lowest BCUT2D eigenvalue weighted by atomic mass is 10.1. The van der Waals surface area contributed by atoms with Crippen molar-refractivity contribution in [1.29, 1.82) is 0 Å². The van der Waals surface area contributed by atoms with Crippen LogP contribution in [0.15, 0.2) is 41.6 Å². The fourth-order valence-electron chi connectivity index (χ4n) is 3.53. The molecule has 2 aromatic heterocycles. The lowest BCUT2D eigenvalue weighted by Gasteiger charge is -2.06. The highest BCUT2D eigenvalue weighted by atomic mass is 35.5. The number of fused-ring (bicyclic) bond motifs is 3. The van der Waals surface area contributed by atoms with Crippen LogP contribution < -0.4 is 0 Å². The SMILES string of the molecule is CCCCCn1c2ccc([N+](=O)[O-])cc2c2nnc(SCC(=O)c3ccc(Cl)c(Cl)c3)nc21. The zero-order chi connectivity index (χ0) is 23.5. The summed E-state index contributed by atoms with van der Waals surface area (Å²) in [5.41, 5.74) is 2.36. The van der Waals surface area contributed by atoms with E-state index in [0.717, 1.165) is 24.8 Å². The first-order valence-corrected chi connectivity index (χ1v) is 12.0. The summed E-state index contributed by atoms with van der Waals surface area (Å²) in [5, 5.41) is 21.4. The van der Waals surface area contributed by atoms with Crippen molar-refractivity contribution in [1.82, 2.24) is 19.7 Å². The van der Waals surface area contributed by atoms with Crippen molar-refractivity contribution in [3.63, 3.8) is 0 Å². The zero-order valence-electron chi connectivity index (χ0n) is 17.6. The molecule has 8 nitrogen and oxygen atoms in total. The summed E-state index contributed by atoms with van der Waals surface area (Å²) in [7, 11) is 0. The molecule has 2 aromatic carbocycles. The Labute approximate surface area is 203 Å². The first-order valence-electron chi connectivity index (χ1n) is 10.3. The predicted octanol–water partition coefficient (Wildman–Crippen LogP) is 6.36. The van der Waals surface area contributed by atoms with E-state index in [2.05, 4.69) is 22.1 Å². The van der Waals surface area contributed by atoms with Gasteiger partial charge in [0.1, 0.15) is 5.52 Å². The Morgan fingerprint density at radius 3 is 2.67 bits per heavy atom. The lowest BCUT2D eigenvalue weighted by Crippen LogP contribution is -2.05. The number of ketones is 1. The number of unbranched alkanes of at least 4 members (excludes halogenated alkanes) is 2. The van der Waals surface area contributed by atoms with Crippen LogP contribution in [0, 0.1) is 10.1 Å². The van der Waals surface area contributed by atoms with E-state index in [1.165, 1.54) is 30.0 Å². The molecule has 2 heterocycles. The maximum Gasteiger partial charge on any atom is 0.270 e. The van der Waals surface area contributed by atoms with E-state index >= 15 is 0 Å². The molecule has 0 fully saturated rings. The van der Waals surface area contributed by atoms with E-state index in [1.807, 2.05) is 4.57 Å². The summed E-state index contributed by atoms with van der Waals surface area (Å²) in [6.07, 6.45) is 3.05. The van der Waals surface area contributed by atoms with Crippen LogP contribution in [0.3, 0.4) is 0 Å². The molecule has 0 amide bonds. The van der Waals surface area contributed by atoms with Gasteiger partial charge >= 0.3 is 0 Å². The van der Waals surface area contributed by atoms with Gasteiger partial charge in [0.05, 0.1) is 26.2 Å². The number of nitro benzene ring substituents is 1. The van der Waals surface area contributed by atoms with Crippen molar-refractivity contribution in [3.8, 4) is 0 Å². The Morgan fingerprint density at radius 1 is 1.12 bits per heavy atom. The number of benzene rings is 2. The molecule has 33 heavy (non-hydrogen) atoms. The highest BCUT2D eigenvalue weighted by Gasteiger charge is 2.19. The first-order chi connectivity index (χ1) is 15.9. The lowest BCUT2D eigenvalue weighted by molar-refractivity contribution is -0.384. The molecule has 0 aliphatic heterocycles. The fraction of sp³-hybridized carbons (Fsp3) is 0.273. The number of hydrogen-bond acceptors (Lipinski definition) is 7. The van der Waals surface area contributed by atoms with E-state index in [-0.39, 0.29) is 17.2 Å². The molecule has 0 saturated heterocycles. The molecule has 0 saturated carbocycles. The van der Waals surface area contributed by atoms with Crippen LogP contribution in [0.1, 0.15) is 36.5 Å². The minimum atomic E-state index is -0.431. The second-order valence-electron chi connectivity index (χ2n) is 7.42. The number of hydrogen-bond donors (Lipinski definition) is 0. The van der Waals surface area contributed by atoms with E-state index < -0.39 is 4.92 Å². The molecule has 0 radical (unpaired) electrons. The van der Waals surface area contributed by atoms with Gasteiger partial charge in [-0.1, -0.05) is 54.7 Å². The van der Waals surface area contributed by atoms with Crippen molar-refractivity contribution < 1.29 is 9.72 Å². The summed E-state index contributed by atoms with van der Waals surface area (Å²) >= 11 is 13.1. The summed E-state index contributed by atoms with van der Waals surface area (Å²) in [4.78, 5) is 28.0. The number of aromatic nitrogens is 4. The number of Topliss-reactive ketones (excluding diaryl/α,β-unsaturated/α-hetero) is 1. The van der Waals surface area contributed by atoms with E-state index in [1.54, 1.807) is 18.2 Å². The van der Waals surface area contributed by atoms with Gasteiger partial charge in [-0.3, -0.25) is 14.9 Å². The van der Waals surface area contributed by atoms with Crippen LogP contribution >= 0.6 is 35.0 Å². The average Bonchev–Trinajstić information content (AvgIpc) is 3.11. The molecule has 0 bridgehead atoms. The molecule has 0 spiro atoms. The van der Waals surface area contributed by atoms with Crippen LogP contribution in [0.2, 0.25) is 10.0 Å². The number of thioether (sulfide) groups is 1. The molecule has 0 aliphatic carbocycles. The highest BCUT2D eigenvalue weighted by molar-refractivity contribution is 7.99. The molecule has 0 N–H and O–H groups in total. The van der Waals surface area contributed by atoms with Crippen LogP contribution in [0.4, 0.5) is 5.69 Å². The van der Waals surface area contributed by atoms with Crippen LogP contribution in [0.25, 0.3) is 22.1 Å². The van der Waals surface area contributed by atoms with Gasteiger partial charge in [0, 0.05) is 29.6 Å². The number of halogens is 2. The smallest absolute Gasteiger partial charge is 0.270 e. The topological polar surface area (TPSA) is 104 Å². The van der Waals surface area contributed by atoms with Crippen molar-refractivity contribution in [2.75, 3.05) is 5.75 Å². The number of nitrogens with zero attached hydrogens (tertiary/aromatic N) is 5. The minimum Gasteiger partial charge on any atom is -0.324 e. The Morgan fingerprint density at radius 2 is 1.94 bits per heavy atom. The Balaban J connectivity index is 1.66. The summed E-state index contributed by atoms with van der Waals surface area (Å²) in [6, 6.07) is 9.45. The maximum atomic E-state index is 12.6. The van der Waals surface area contributed by atoms with Gasteiger partial charge in [0.15, 0.2) is 11.4 Å². The molecule has 170 valence electrons. The van der Waals surface area contributed by atoms with Gasteiger partial charge in [0.25, 0.3) is 5.69 Å². The van der Waals surface area contributed by atoms with Gasteiger partial charge in [0.2, 0.25) is 5.16 Å². The summed E-state index contributed by atoms with van der Waals surface area (Å²) < 4.78 is 2.02. The molecule has 0 aliphatic rings. The zero-order valence-corrected chi connectivity index (χ0v) is 20.0. The molecular formula is C22H19Cl2N5O3S. The number of nitro groups is 1. The number of aryl methyl sites for hydroxylation is 1. The molecule has 4 aromatic rings. The predicted molar refractivity (Wildman–Crippen MR) is 131 cm³/mol. The van der Waals surface area contributed by atoms with Gasteiger partial charge in [-0.05, 0) is 30.7 Å². The molecule has 4 rings (SSSR count). The van der Waals surface area contributed by atoms with Gasteiger partial charge in [-0.15, -0.1) is 10.2 Å². The molecule has 0 unspecified atom stereocenters. The fourth-order valence-corrected chi connectivity index (χ4v) is 4.51. The number of non-ortho nitro benzene ring substituents is 1. The third-order valence-electron chi connectivity index (χ3n) is 5.20. The van der Waals surface area contributed by atoms with Crippen molar-refractivity contribution in [2.24, 2.45) is 0 Å². The Bertz CT molecular complexity index is 1380. The maximum absolute atomic E-state index is 12.6. The monoisotopic (exact) mass is 503 g/mol. The quantitative estimate of drug-likeness (QED) is 0.0859. The van der Waals surface area contributed by atoms with Gasteiger partial charge < -0.3 is 4.57 Å². The highest BCUT2D eigenvalue weighted by Crippen LogP contribution is 2.31. The van der Waals surface area contributed by atoms with Crippen molar-refractivity contribution >= 4 is 68.5 Å². The van der Waals surface area contributed by atoms with E-state index in [0.29, 0.717) is 43.9 Å². The first kappa shape index (κ1) is 23.4. The van der Waals surface area contributed by atoms with Gasteiger partial charge in [-0.2, -0.15) is 0 Å². The standard InChI is InChI=1S/C22H19Cl2N5O3S/c1-2-3-4-9-28-18-8-6-14(29(31)32)11-15(18)20-21(28)25-22(27-26-20)33-12-19(30)13-5-7-16(23)17(24)10-13/h5-8,10-11H,2-4,9,12H2,1H3. The van der Waals surface area contributed by atoms with Crippen LogP contribution in [0.5, 0.6) is 0 Å². The third-order valence-corrected chi connectivity index (χ3v) is 6.78. The second kappa shape index (κ2) is 10.0. The molecule has 11 heteroatoms. The van der Waals surface area contributed by atoms with Gasteiger partial charge in [-0.25, -0.2) is 4.98 Å². The normalized spacial score (nSPS) is 11.4. The number of carbonyl (C=O) groups excluding carboxylic acids is 1. The number of rotatable bonds is 9. The van der Waals surface area contributed by atoms with E-state index in [4.69, 9.17) is 23.2 Å². The Hall–Kier alpha value is -2.75. The number of carbonyl (C=O) groups is 1. The Kier molecular flexibility index (Phi) is 7.11. The molecule has 0 atom stereocenters. The molecular weight excluding hydrogens is 485 g/mol. The van der Waals surface area contributed by atoms with Crippen molar-refractivity contribution in [3.05, 3.63) is 62.1 Å². The minimum absolute atomic E-state index is 0.0115. The van der Waals surface area contributed by atoms with Crippen molar-refractivity contribution in [2.45, 2.75) is 37.9 Å². The van der Waals surface area contributed by atoms with Crippen LogP contribution in [-0.4, -0.2) is 36.2 Å². The van der Waals surface area contributed by atoms with Crippen LogP contribution in [-0.2, 0) is 6.54 Å². The average molecular weight is 504 g/mol. The van der Waals surface area contributed by atoms with E-state index in [9.17, 15) is 14.9 Å². The summed E-state index contributed by atoms with van der Waals surface area (Å²) in [5.74, 6) is -0.0338.